The van der Waals surface area contributed by atoms with Gasteiger partial charge in [-0.2, -0.15) is 0 Å². The minimum atomic E-state index is -3.39. The second-order valence-electron chi connectivity index (χ2n) is 5.40. The van der Waals surface area contributed by atoms with E-state index in [0.717, 1.165) is 24.9 Å². The van der Waals surface area contributed by atoms with E-state index in [1.165, 1.54) is 0 Å². The monoisotopic (exact) mass is 298 g/mol. The molecule has 4 nitrogen and oxygen atoms in total. The van der Waals surface area contributed by atoms with Gasteiger partial charge in [-0.3, -0.25) is 0 Å². The van der Waals surface area contributed by atoms with Gasteiger partial charge in [0.05, 0.1) is 4.90 Å². The first-order valence-electron chi connectivity index (χ1n) is 7.25. The maximum absolute atomic E-state index is 12.2. The minimum absolute atomic E-state index is 0.344. The topological polar surface area (TPSA) is 58.2 Å². The molecule has 20 heavy (non-hydrogen) atoms. The number of benzene rings is 1. The summed E-state index contributed by atoms with van der Waals surface area (Å²) >= 11 is 0. The molecule has 1 aromatic carbocycles. The highest BCUT2D eigenvalue weighted by molar-refractivity contribution is 7.89. The van der Waals surface area contributed by atoms with E-state index < -0.39 is 10.0 Å². The van der Waals surface area contributed by atoms with Crippen LogP contribution in [0.3, 0.4) is 0 Å². The maximum atomic E-state index is 12.2. The molecule has 0 unspecified atom stereocenters. The van der Waals surface area contributed by atoms with Crippen molar-refractivity contribution in [2.45, 2.75) is 45.1 Å². The molecule has 0 saturated carbocycles. The van der Waals surface area contributed by atoms with Gasteiger partial charge >= 0.3 is 0 Å². The molecule has 0 aromatic heterocycles. The van der Waals surface area contributed by atoms with Crippen LogP contribution in [0.1, 0.15) is 39.2 Å². The average molecular weight is 298 g/mol. The Bertz CT molecular complexity index is 498. The summed E-state index contributed by atoms with van der Waals surface area (Å²) in [4.78, 5) is 0.344. The first kappa shape index (κ1) is 17.1. The van der Waals surface area contributed by atoms with Crippen molar-refractivity contribution in [2.24, 2.45) is 5.92 Å². The Hall–Kier alpha value is -0.910. The van der Waals surface area contributed by atoms with Crippen molar-refractivity contribution in [1.29, 1.82) is 0 Å². The van der Waals surface area contributed by atoms with E-state index in [1.807, 2.05) is 6.07 Å². The molecule has 0 spiro atoms. The van der Waals surface area contributed by atoms with Crippen LogP contribution in [0.15, 0.2) is 29.2 Å². The van der Waals surface area contributed by atoms with Crippen LogP contribution < -0.4 is 10.0 Å². The summed E-state index contributed by atoms with van der Waals surface area (Å²) in [5.74, 6) is 0.488. The van der Waals surface area contributed by atoms with Crippen LogP contribution in [0, 0.1) is 5.92 Å². The Labute approximate surface area is 123 Å². The van der Waals surface area contributed by atoms with Gasteiger partial charge < -0.3 is 5.32 Å². The molecule has 5 heteroatoms. The number of hydrogen-bond acceptors (Lipinski definition) is 3. The summed E-state index contributed by atoms with van der Waals surface area (Å²) in [5, 5.41) is 3.27. The lowest BCUT2D eigenvalue weighted by Crippen LogP contribution is -2.25. The molecule has 0 aliphatic carbocycles. The van der Waals surface area contributed by atoms with Crippen molar-refractivity contribution < 1.29 is 8.42 Å². The number of rotatable bonds is 9. The van der Waals surface area contributed by atoms with E-state index in [4.69, 9.17) is 0 Å². The Morgan fingerprint density at radius 1 is 1.20 bits per heavy atom. The summed E-state index contributed by atoms with van der Waals surface area (Å²) in [6.45, 7) is 8.38. The smallest absolute Gasteiger partial charge is 0.240 e. The molecule has 0 amide bonds. The van der Waals surface area contributed by atoms with Crippen LogP contribution in [-0.4, -0.2) is 21.5 Å². The van der Waals surface area contributed by atoms with Crippen molar-refractivity contribution in [1.82, 2.24) is 10.0 Å². The van der Waals surface area contributed by atoms with Crippen LogP contribution in [-0.2, 0) is 16.6 Å². The van der Waals surface area contributed by atoms with E-state index in [1.54, 1.807) is 18.2 Å². The first-order chi connectivity index (χ1) is 9.45. The van der Waals surface area contributed by atoms with Crippen molar-refractivity contribution in [3.63, 3.8) is 0 Å². The lowest BCUT2D eigenvalue weighted by Gasteiger charge is -2.10. The molecule has 0 aliphatic heterocycles. The van der Waals surface area contributed by atoms with Gasteiger partial charge in [-0.1, -0.05) is 32.9 Å². The van der Waals surface area contributed by atoms with Gasteiger partial charge in [-0.25, -0.2) is 13.1 Å². The van der Waals surface area contributed by atoms with Crippen LogP contribution in [0.4, 0.5) is 0 Å². The van der Waals surface area contributed by atoms with Gasteiger partial charge in [-0.15, -0.1) is 0 Å². The lowest BCUT2D eigenvalue weighted by atomic mass is 10.1. The van der Waals surface area contributed by atoms with Crippen molar-refractivity contribution in [3.05, 3.63) is 29.8 Å². The van der Waals surface area contributed by atoms with Crippen LogP contribution in [0.2, 0.25) is 0 Å². The van der Waals surface area contributed by atoms with Gasteiger partial charge in [0, 0.05) is 13.1 Å². The first-order valence-corrected chi connectivity index (χ1v) is 8.73. The molecule has 0 bridgehead atoms. The Morgan fingerprint density at radius 2 is 1.95 bits per heavy atom. The van der Waals surface area contributed by atoms with E-state index in [-0.39, 0.29) is 0 Å². The SMILES string of the molecule is CCCNCc1cccc(S(=O)(=O)NCCC(C)C)c1. The summed E-state index contributed by atoms with van der Waals surface area (Å²) in [5.41, 5.74) is 0.991. The van der Waals surface area contributed by atoms with Crippen molar-refractivity contribution in [3.8, 4) is 0 Å². The summed E-state index contributed by atoms with van der Waals surface area (Å²) in [6, 6.07) is 7.11. The number of hydrogen-bond donors (Lipinski definition) is 2. The highest BCUT2D eigenvalue weighted by Gasteiger charge is 2.13. The predicted molar refractivity (Wildman–Crippen MR) is 83.1 cm³/mol. The molecular weight excluding hydrogens is 272 g/mol. The summed E-state index contributed by atoms with van der Waals surface area (Å²) in [7, 11) is -3.39. The molecule has 0 radical (unpaired) electrons. The number of nitrogens with one attached hydrogen (secondary N) is 2. The molecule has 2 N–H and O–H groups in total. The quantitative estimate of drug-likeness (QED) is 0.689. The van der Waals surface area contributed by atoms with Crippen molar-refractivity contribution in [2.75, 3.05) is 13.1 Å². The zero-order valence-corrected chi connectivity index (χ0v) is 13.5. The molecule has 0 aliphatic rings. The van der Waals surface area contributed by atoms with Gasteiger partial charge in [0.15, 0.2) is 0 Å². The maximum Gasteiger partial charge on any atom is 0.240 e. The van der Waals surface area contributed by atoms with Crippen molar-refractivity contribution >= 4 is 10.0 Å². The molecule has 0 heterocycles. The van der Waals surface area contributed by atoms with Gasteiger partial charge in [0.25, 0.3) is 0 Å². The third-order valence-corrected chi connectivity index (χ3v) is 4.44. The highest BCUT2D eigenvalue weighted by atomic mass is 32.2. The Kier molecular flexibility index (Phi) is 7.19. The lowest BCUT2D eigenvalue weighted by molar-refractivity contribution is 0.551. The largest absolute Gasteiger partial charge is 0.313 e. The van der Waals surface area contributed by atoms with Crippen LogP contribution in [0.25, 0.3) is 0 Å². The molecule has 1 aromatic rings. The fraction of sp³-hybridized carbons (Fsp3) is 0.600. The second kappa shape index (κ2) is 8.39. The van der Waals surface area contributed by atoms with E-state index in [2.05, 4.69) is 30.8 Å². The van der Waals surface area contributed by atoms with E-state index in [0.29, 0.717) is 23.9 Å². The third-order valence-electron chi connectivity index (χ3n) is 2.98. The normalized spacial score (nSPS) is 12.0. The molecule has 0 fully saturated rings. The molecule has 1 rings (SSSR count). The summed E-state index contributed by atoms with van der Waals surface area (Å²) in [6.07, 6.45) is 1.91. The average Bonchev–Trinajstić information content (AvgIpc) is 2.39. The zero-order valence-electron chi connectivity index (χ0n) is 12.6. The van der Waals surface area contributed by atoms with Crippen LogP contribution in [0.5, 0.6) is 0 Å². The molecule has 114 valence electrons. The van der Waals surface area contributed by atoms with Gasteiger partial charge in [-0.05, 0) is 43.0 Å². The predicted octanol–water partition coefficient (Wildman–Crippen LogP) is 2.51. The number of sulfonamides is 1. The second-order valence-corrected chi connectivity index (χ2v) is 7.17. The highest BCUT2D eigenvalue weighted by Crippen LogP contribution is 2.12. The van der Waals surface area contributed by atoms with Crippen LogP contribution >= 0.6 is 0 Å². The van der Waals surface area contributed by atoms with E-state index >= 15 is 0 Å². The van der Waals surface area contributed by atoms with E-state index in [9.17, 15) is 8.42 Å². The standard InChI is InChI=1S/C15H26N2O2S/c1-4-9-16-12-14-6-5-7-15(11-14)20(18,19)17-10-8-13(2)3/h5-7,11,13,16-17H,4,8-10,12H2,1-3H3. The molecular formula is C15H26N2O2S. The fourth-order valence-electron chi connectivity index (χ4n) is 1.80. The Morgan fingerprint density at radius 3 is 2.60 bits per heavy atom. The minimum Gasteiger partial charge on any atom is -0.313 e. The summed E-state index contributed by atoms with van der Waals surface area (Å²) < 4.78 is 27.0. The molecule has 0 saturated heterocycles. The fourth-order valence-corrected chi connectivity index (χ4v) is 2.91. The third kappa shape index (κ3) is 6.03. The van der Waals surface area contributed by atoms with Gasteiger partial charge in [0.1, 0.15) is 0 Å². The zero-order chi connectivity index (χ0) is 15.0. The molecule has 0 atom stereocenters. The Balaban J connectivity index is 2.67. The van der Waals surface area contributed by atoms with Gasteiger partial charge in [0.2, 0.25) is 10.0 Å².